The molecule has 0 spiro atoms. The molecule has 1 aromatic carbocycles. The molecule has 1 N–H and O–H groups in total. The van der Waals surface area contributed by atoms with Gasteiger partial charge in [-0.2, -0.15) is 0 Å². The van der Waals surface area contributed by atoms with E-state index in [2.05, 4.69) is 81.6 Å². The van der Waals surface area contributed by atoms with Crippen molar-refractivity contribution in [1.82, 2.24) is 9.55 Å². The van der Waals surface area contributed by atoms with Crippen LogP contribution in [0.15, 0.2) is 30.5 Å². The van der Waals surface area contributed by atoms with Crippen molar-refractivity contribution in [1.29, 1.82) is 0 Å². The summed E-state index contributed by atoms with van der Waals surface area (Å²) in [5.41, 5.74) is 5.14. The van der Waals surface area contributed by atoms with Crippen molar-refractivity contribution in [2.24, 2.45) is 0 Å². The van der Waals surface area contributed by atoms with E-state index in [1.165, 1.54) is 16.5 Å². The Labute approximate surface area is 142 Å². The molecule has 23 heavy (non-hydrogen) atoms. The molecule has 2 heterocycles. The number of hydrogen-bond acceptors (Lipinski definition) is 1. The molecule has 3 rings (SSSR count). The summed E-state index contributed by atoms with van der Waals surface area (Å²) in [7, 11) is -1.65. The SMILES string of the molecule is CC(C)[Si](C(C)C)(C(C)C)n1ccc2cc(C3CNC3)ccc21. The third-order valence-corrected chi connectivity index (χ3v) is 12.9. The fourth-order valence-electron chi connectivity index (χ4n) is 5.11. The van der Waals surface area contributed by atoms with Crippen molar-refractivity contribution in [3.63, 3.8) is 0 Å². The molecule has 1 aromatic heterocycles. The molecular formula is C20H32N2Si. The summed E-state index contributed by atoms with van der Waals surface area (Å²) < 4.78 is 2.71. The van der Waals surface area contributed by atoms with Crippen LogP contribution in [0.5, 0.6) is 0 Å². The lowest BCUT2D eigenvalue weighted by Crippen LogP contribution is -2.51. The van der Waals surface area contributed by atoms with Gasteiger partial charge in [-0.05, 0) is 52.0 Å². The second-order valence-corrected chi connectivity index (χ2v) is 13.9. The number of fused-ring (bicyclic) bond motifs is 1. The van der Waals surface area contributed by atoms with Crippen LogP contribution >= 0.6 is 0 Å². The minimum atomic E-state index is -1.65. The fraction of sp³-hybridized carbons (Fsp3) is 0.600. The topological polar surface area (TPSA) is 17.0 Å². The molecule has 1 aliphatic heterocycles. The average molecular weight is 329 g/mol. The van der Waals surface area contributed by atoms with E-state index in [1.807, 2.05) is 0 Å². The van der Waals surface area contributed by atoms with E-state index in [1.54, 1.807) is 0 Å². The van der Waals surface area contributed by atoms with Gasteiger partial charge in [-0.1, -0.05) is 47.6 Å². The van der Waals surface area contributed by atoms with Crippen LogP contribution in [-0.4, -0.2) is 25.6 Å². The zero-order chi connectivity index (χ0) is 16.8. The Balaban J connectivity index is 2.13. The Bertz CT molecular complexity index is 658. The highest BCUT2D eigenvalue weighted by Gasteiger charge is 2.45. The van der Waals surface area contributed by atoms with Gasteiger partial charge in [0.1, 0.15) is 0 Å². The lowest BCUT2D eigenvalue weighted by molar-refractivity contribution is 0.449. The lowest BCUT2D eigenvalue weighted by atomic mass is 9.93. The molecule has 2 aromatic rings. The fourth-order valence-corrected chi connectivity index (χ4v) is 11.7. The molecule has 2 nitrogen and oxygen atoms in total. The van der Waals surface area contributed by atoms with E-state index < -0.39 is 8.24 Å². The van der Waals surface area contributed by atoms with Crippen LogP contribution in [0.4, 0.5) is 0 Å². The Morgan fingerprint density at radius 2 is 1.57 bits per heavy atom. The van der Waals surface area contributed by atoms with Gasteiger partial charge in [-0.25, -0.2) is 0 Å². The van der Waals surface area contributed by atoms with Gasteiger partial charge in [-0.15, -0.1) is 0 Å². The third-order valence-electron chi connectivity index (χ3n) is 6.16. The lowest BCUT2D eigenvalue weighted by Gasteiger charge is -2.44. The Kier molecular flexibility index (Phi) is 4.45. The van der Waals surface area contributed by atoms with E-state index >= 15 is 0 Å². The standard InChI is InChI=1S/C20H32N2Si/c1-14(2)23(15(3)4,16(5)6)22-10-9-18-11-17(7-8-20(18)22)19-12-21-13-19/h7-11,14-16,19,21H,12-13H2,1-6H3. The van der Waals surface area contributed by atoms with Crippen molar-refractivity contribution in [2.75, 3.05) is 13.1 Å². The summed E-state index contributed by atoms with van der Waals surface area (Å²) in [6, 6.07) is 9.53. The van der Waals surface area contributed by atoms with E-state index in [9.17, 15) is 0 Å². The van der Waals surface area contributed by atoms with E-state index in [0.717, 1.165) is 29.7 Å². The first-order valence-electron chi connectivity index (χ1n) is 9.21. The number of benzene rings is 1. The van der Waals surface area contributed by atoms with Gasteiger partial charge < -0.3 is 9.55 Å². The first-order chi connectivity index (χ1) is 10.9. The van der Waals surface area contributed by atoms with Crippen LogP contribution in [0.25, 0.3) is 10.9 Å². The first-order valence-corrected chi connectivity index (χ1v) is 11.4. The molecule has 0 aliphatic carbocycles. The number of aromatic nitrogens is 1. The van der Waals surface area contributed by atoms with Crippen LogP contribution in [0.1, 0.15) is 53.0 Å². The monoisotopic (exact) mass is 328 g/mol. The Hall–Kier alpha value is -1.06. The highest BCUT2D eigenvalue weighted by molar-refractivity contribution is 6.82. The minimum absolute atomic E-state index is 0.713. The van der Waals surface area contributed by atoms with Crippen molar-refractivity contribution < 1.29 is 0 Å². The van der Waals surface area contributed by atoms with Gasteiger partial charge in [0.25, 0.3) is 0 Å². The first kappa shape index (κ1) is 16.8. The van der Waals surface area contributed by atoms with E-state index in [4.69, 9.17) is 0 Å². The van der Waals surface area contributed by atoms with Crippen molar-refractivity contribution >= 4 is 19.1 Å². The summed E-state index contributed by atoms with van der Waals surface area (Å²) in [6.45, 7) is 16.9. The van der Waals surface area contributed by atoms with E-state index in [-0.39, 0.29) is 0 Å². The summed E-state index contributed by atoms with van der Waals surface area (Å²) in [4.78, 5) is 0. The summed E-state index contributed by atoms with van der Waals surface area (Å²) in [5, 5.41) is 4.81. The third kappa shape index (κ3) is 2.49. The molecule has 0 atom stereocenters. The summed E-state index contributed by atoms with van der Waals surface area (Å²) >= 11 is 0. The van der Waals surface area contributed by atoms with Crippen molar-refractivity contribution in [2.45, 2.75) is 64.1 Å². The predicted molar refractivity (Wildman–Crippen MR) is 104 cm³/mol. The second-order valence-electron chi connectivity index (χ2n) is 8.21. The zero-order valence-electron chi connectivity index (χ0n) is 15.6. The van der Waals surface area contributed by atoms with Gasteiger partial charge in [0.05, 0.1) is 0 Å². The molecule has 0 unspecified atom stereocenters. The minimum Gasteiger partial charge on any atom is -0.373 e. The maximum absolute atomic E-state index is 3.38. The Morgan fingerprint density at radius 3 is 2.04 bits per heavy atom. The molecule has 126 valence electrons. The average Bonchev–Trinajstić information content (AvgIpc) is 2.80. The quantitative estimate of drug-likeness (QED) is 0.732. The predicted octanol–water partition coefficient (Wildman–Crippen LogP) is 5.35. The Morgan fingerprint density at radius 1 is 0.957 bits per heavy atom. The van der Waals surface area contributed by atoms with Gasteiger partial charge in [0.2, 0.25) is 0 Å². The largest absolute Gasteiger partial charge is 0.373 e. The molecule has 0 bridgehead atoms. The number of rotatable bonds is 5. The van der Waals surface area contributed by atoms with Gasteiger partial charge >= 0.3 is 0 Å². The number of nitrogens with one attached hydrogen (secondary N) is 1. The molecule has 3 heteroatoms. The van der Waals surface area contributed by atoms with Crippen LogP contribution < -0.4 is 5.32 Å². The zero-order valence-corrected chi connectivity index (χ0v) is 16.6. The van der Waals surface area contributed by atoms with Crippen molar-refractivity contribution in [3.05, 3.63) is 36.0 Å². The maximum atomic E-state index is 3.38. The van der Waals surface area contributed by atoms with Gasteiger partial charge in [-0.3, -0.25) is 0 Å². The highest BCUT2D eigenvalue weighted by atomic mass is 28.3. The molecule has 1 aliphatic rings. The number of nitrogens with zero attached hydrogens (tertiary/aromatic N) is 1. The van der Waals surface area contributed by atoms with Crippen LogP contribution in [-0.2, 0) is 0 Å². The molecule has 0 amide bonds. The summed E-state index contributed by atoms with van der Waals surface area (Å²) in [5.74, 6) is 0.713. The van der Waals surface area contributed by atoms with Crippen molar-refractivity contribution in [3.8, 4) is 0 Å². The summed E-state index contributed by atoms with van der Waals surface area (Å²) in [6.07, 6.45) is 2.39. The maximum Gasteiger partial charge on any atom is 0.169 e. The molecule has 0 radical (unpaired) electrons. The van der Waals surface area contributed by atoms with Crippen LogP contribution in [0, 0.1) is 0 Å². The van der Waals surface area contributed by atoms with Crippen LogP contribution in [0.2, 0.25) is 16.6 Å². The number of hydrogen-bond donors (Lipinski definition) is 1. The van der Waals surface area contributed by atoms with E-state index in [0.29, 0.717) is 5.92 Å². The molecular weight excluding hydrogens is 296 g/mol. The van der Waals surface area contributed by atoms with Crippen LogP contribution in [0.3, 0.4) is 0 Å². The van der Waals surface area contributed by atoms with Gasteiger partial charge in [0, 0.05) is 24.5 Å². The molecule has 1 fully saturated rings. The smallest absolute Gasteiger partial charge is 0.169 e. The highest BCUT2D eigenvalue weighted by Crippen LogP contribution is 2.44. The second kappa shape index (κ2) is 6.10. The van der Waals surface area contributed by atoms with Gasteiger partial charge in [0.15, 0.2) is 8.24 Å². The molecule has 1 saturated heterocycles. The normalized spacial score (nSPS) is 16.7. The molecule has 0 saturated carbocycles.